The number of aryl methyl sites for hydroxylation is 1. The molecule has 0 atom stereocenters. The summed E-state index contributed by atoms with van der Waals surface area (Å²) < 4.78 is 5.59. The van der Waals surface area contributed by atoms with E-state index >= 15 is 0 Å². The molecule has 7 nitrogen and oxygen atoms in total. The summed E-state index contributed by atoms with van der Waals surface area (Å²) in [4.78, 5) is 10.5. The van der Waals surface area contributed by atoms with Crippen molar-refractivity contribution >= 4 is 11.5 Å². The van der Waals surface area contributed by atoms with Crippen LogP contribution in [0.15, 0.2) is 47.6 Å². The third-order valence-electron chi connectivity index (χ3n) is 2.87. The minimum Gasteiger partial charge on any atom is -0.450 e. The summed E-state index contributed by atoms with van der Waals surface area (Å²) in [6.07, 6.45) is 0. The van der Waals surface area contributed by atoms with Crippen molar-refractivity contribution in [2.75, 3.05) is 0 Å². The van der Waals surface area contributed by atoms with Crippen LogP contribution in [-0.2, 0) is 0 Å². The monoisotopic (exact) mass is 287 g/mol. The van der Waals surface area contributed by atoms with E-state index in [2.05, 4.69) is 5.16 Å². The van der Waals surface area contributed by atoms with E-state index in [1.807, 2.05) is 0 Å². The molecule has 0 unspecified atom stereocenters. The van der Waals surface area contributed by atoms with Crippen molar-refractivity contribution in [3.8, 4) is 11.5 Å². The maximum Gasteiger partial charge on any atom is 0.311 e. The Balaban J connectivity index is 2.33. The van der Waals surface area contributed by atoms with Gasteiger partial charge in [0.05, 0.1) is 4.92 Å². The third-order valence-corrected chi connectivity index (χ3v) is 2.87. The topological polar surface area (TPSA) is 111 Å². The highest BCUT2D eigenvalue weighted by atomic mass is 16.6. The molecule has 0 aliphatic heterocycles. The Labute approximate surface area is 120 Å². The minimum atomic E-state index is -0.493. The molecule has 0 bridgehead atoms. The summed E-state index contributed by atoms with van der Waals surface area (Å²) in [6.45, 7) is 1.73. The van der Waals surface area contributed by atoms with Crippen molar-refractivity contribution in [3.05, 3.63) is 63.7 Å². The van der Waals surface area contributed by atoms with Gasteiger partial charge in [0.2, 0.25) is 5.75 Å². The number of benzene rings is 2. The Morgan fingerprint density at radius 2 is 1.95 bits per heavy atom. The van der Waals surface area contributed by atoms with Crippen molar-refractivity contribution in [2.24, 2.45) is 10.9 Å². The van der Waals surface area contributed by atoms with Crippen LogP contribution in [0.2, 0.25) is 0 Å². The molecule has 0 aliphatic rings. The van der Waals surface area contributed by atoms with Crippen molar-refractivity contribution in [1.82, 2.24) is 0 Å². The van der Waals surface area contributed by atoms with Crippen LogP contribution < -0.4 is 10.5 Å². The molecule has 2 aromatic rings. The lowest BCUT2D eigenvalue weighted by atomic mass is 10.2. The highest BCUT2D eigenvalue weighted by Crippen LogP contribution is 2.34. The zero-order chi connectivity index (χ0) is 15.4. The van der Waals surface area contributed by atoms with Gasteiger partial charge in [-0.3, -0.25) is 10.1 Å². The smallest absolute Gasteiger partial charge is 0.311 e. The first-order chi connectivity index (χ1) is 10.0. The lowest BCUT2D eigenvalue weighted by molar-refractivity contribution is -0.385. The molecule has 0 aromatic heterocycles. The number of nitro groups is 1. The summed E-state index contributed by atoms with van der Waals surface area (Å²) in [7, 11) is 0. The van der Waals surface area contributed by atoms with E-state index in [9.17, 15) is 10.1 Å². The SMILES string of the molecule is Cc1cccc([N+](=O)[O-])c1Oc1ccc(/C(N)=N/O)cc1. The van der Waals surface area contributed by atoms with Gasteiger partial charge in [0.25, 0.3) is 0 Å². The van der Waals surface area contributed by atoms with E-state index in [0.717, 1.165) is 0 Å². The quantitative estimate of drug-likeness (QED) is 0.295. The van der Waals surface area contributed by atoms with Crippen LogP contribution in [0.25, 0.3) is 0 Å². The molecule has 2 aromatic carbocycles. The molecule has 7 heteroatoms. The van der Waals surface area contributed by atoms with Gasteiger partial charge in [-0.15, -0.1) is 0 Å². The second-order valence-corrected chi connectivity index (χ2v) is 4.29. The molecular weight excluding hydrogens is 274 g/mol. The lowest BCUT2D eigenvalue weighted by Crippen LogP contribution is -2.12. The predicted octanol–water partition coefficient (Wildman–Crippen LogP) is 2.79. The number of ether oxygens (including phenoxy) is 1. The van der Waals surface area contributed by atoms with Crippen molar-refractivity contribution in [2.45, 2.75) is 6.92 Å². The Bertz CT molecular complexity index is 696. The first-order valence-electron chi connectivity index (χ1n) is 6.02. The number of oxime groups is 1. The molecule has 0 saturated carbocycles. The molecule has 0 aliphatic carbocycles. The van der Waals surface area contributed by atoms with Crippen molar-refractivity contribution < 1.29 is 14.9 Å². The first-order valence-corrected chi connectivity index (χ1v) is 6.02. The van der Waals surface area contributed by atoms with Crippen LogP contribution in [-0.4, -0.2) is 16.0 Å². The van der Waals surface area contributed by atoms with Gasteiger partial charge < -0.3 is 15.7 Å². The van der Waals surface area contributed by atoms with E-state index in [4.69, 9.17) is 15.7 Å². The molecule has 21 heavy (non-hydrogen) atoms. The number of rotatable bonds is 4. The number of hydrogen-bond donors (Lipinski definition) is 2. The Kier molecular flexibility index (Phi) is 4.03. The average Bonchev–Trinajstić information content (AvgIpc) is 2.49. The van der Waals surface area contributed by atoms with E-state index < -0.39 is 4.92 Å². The van der Waals surface area contributed by atoms with Crippen LogP contribution in [0, 0.1) is 17.0 Å². The van der Waals surface area contributed by atoms with Gasteiger partial charge in [0, 0.05) is 11.6 Å². The number of hydrogen-bond acceptors (Lipinski definition) is 5. The maximum absolute atomic E-state index is 11.0. The molecule has 0 radical (unpaired) electrons. The van der Waals surface area contributed by atoms with Crippen LogP contribution in [0.1, 0.15) is 11.1 Å². The molecule has 3 N–H and O–H groups in total. The zero-order valence-corrected chi connectivity index (χ0v) is 11.2. The highest BCUT2D eigenvalue weighted by molar-refractivity contribution is 5.97. The molecule has 0 heterocycles. The second-order valence-electron chi connectivity index (χ2n) is 4.29. The minimum absolute atomic E-state index is 0.0246. The Morgan fingerprint density at radius 3 is 2.52 bits per heavy atom. The molecular formula is C14H13N3O4. The fourth-order valence-electron chi connectivity index (χ4n) is 1.78. The summed E-state index contributed by atoms with van der Waals surface area (Å²) in [5.41, 5.74) is 6.53. The third kappa shape index (κ3) is 3.08. The standard InChI is InChI=1S/C14H13N3O4/c1-9-3-2-4-12(17(19)20)13(9)21-11-7-5-10(6-8-11)14(15)16-18/h2-8,18H,1H3,(H2,15,16). The summed E-state index contributed by atoms with van der Waals surface area (Å²) in [6, 6.07) is 11.1. The lowest BCUT2D eigenvalue weighted by Gasteiger charge is -2.09. The molecule has 0 amide bonds. The molecule has 2 rings (SSSR count). The van der Waals surface area contributed by atoms with Gasteiger partial charge in [-0.2, -0.15) is 0 Å². The molecule has 0 spiro atoms. The van der Waals surface area contributed by atoms with Gasteiger partial charge in [-0.25, -0.2) is 0 Å². The van der Waals surface area contributed by atoms with Gasteiger partial charge in [-0.05, 0) is 36.8 Å². The average molecular weight is 287 g/mol. The maximum atomic E-state index is 11.0. The van der Waals surface area contributed by atoms with E-state index in [1.165, 1.54) is 6.07 Å². The van der Waals surface area contributed by atoms with Crippen LogP contribution in [0.4, 0.5) is 5.69 Å². The molecule has 108 valence electrons. The normalized spacial score (nSPS) is 11.2. The predicted molar refractivity (Wildman–Crippen MR) is 76.9 cm³/mol. The van der Waals surface area contributed by atoms with Gasteiger partial charge in [0.1, 0.15) is 5.75 Å². The fourth-order valence-corrected chi connectivity index (χ4v) is 1.78. The number of nitro benzene ring substituents is 1. The van der Waals surface area contributed by atoms with Crippen LogP contribution in [0.3, 0.4) is 0 Å². The largest absolute Gasteiger partial charge is 0.450 e. The van der Waals surface area contributed by atoms with Crippen molar-refractivity contribution in [1.29, 1.82) is 0 Å². The fraction of sp³-hybridized carbons (Fsp3) is 0.0714. The molecule has 0 saturated heterocycles. The number of nitrogens with zero attached hydrogens (tertiary/aromatic N) is 2. The van der Waals surface area contributed by atoms with E-state index in [-0.39, 0.29) is 17.3 Å². The van der Waals surface area contributed by atoms with Gasteiger partial charge in [-0.1, -0.05) is 17.3 Å². The second kappa shape index (κ2) is 5.91. The number of amidine groups is 1. The van der Waals surface area contributed by atoms with Gasteiger partial charge >= 0.3 is 5.69 Å². The first kappa shape index (κ1) is 14.3. The Hall–Kier alpha value is -3.09. The summed E-state index contributed by atoms with van der Waals surface area (Å²) in [5, 5.41) is 22.5. The van der Waals surface area contributed by atoms with E-state index in [0.29, 0.717) is 16.9 Å². The molecule has 0 fully saturated rings. The highest BCUT2D eigenvalue weighted by Gasteiger charge is 2.17. The Morgan fingerprint density at radius 1 is 1.29 bits per heavy atom. The van der Waals surface area contributed by atoms with Crippen molar-refractivity contribution in [3.63, 3.8) is 0 Å². The summed E-state index contributed by atoms with van der Waals surface area (Å²) >= 11 is 0. The van der Waals surface area contributed by atoms with E-state index in [1.54, 1.807) is 43.3 Å². The number of para-hydroxylation sites is 1. The number of nitrogens with two attached hydrogens (primary N) is 1. The van der Waals surface area contributed by atoms with Crippen LogP contribution >= 0.6 is 0 Å². The van der Waals surface area contributed by atoms with Gasteiger partial charge in [0.15, 0.2) is 5.84 Å². The summed E-state index contributed by atoms with van der Waals surface area (Å²) in [5.74, 6) is 0.587. The van der Waals surface area contributed by atoms with Crippen LogP contribution in [0.5, 0.6) is 11.5 Å². The zero-order valence-electron chi connectivity index (χ0n) is 11.2.